The number of nitrogens with one attached hydrogen (secondary N) is 3. The fourth-order valence-corrected chi connectivity index (χ4v) is 9.63. The number of hydrogen-bond donors (Lipinski definition) is 4. The normalized spacial score (nSPS) is 14.1. The summed E-state index contributed by atoms with van der Waals surface area (Å²) in [4.78, 5) is 56.4. The van der Waals surface area contributed by atoms with E-state index in [0.29, 0.717) is 35.2 Å². The van der Waals surface area contributed by atoms with Gasteiger partial charge in [0.15, 0.2) is 23.0 Å². The highest BCUT2D eigenvalue weighted by Crippen LogP contribution is 2.35. The third-order valence-electron chi connectivity index (χ3n) is 13.7. The average Bonchev–Trinajstić information content (AvgIpc) is 4.03. The zero-order valence-corrected chi connectivity index (χ0v) is 42.9. The van der Waals surface area contributed by atoms with E-state index in [9.17, 15) is 14.4 Å². The predicted molar refractivity (Wildman–Crippen MR) is 292 cm³/mol. The molecule has 1 aliphatic rings. The number of H-pyrrole nitrogens is 1. The van der Waals surface area contributed by atoms with Crippen molar-refractivity contribution in [1.82, 2.24) is 40.0 Å². The van der Waals surface area contributed by atoms with Gasteiger partial charge in [-0.25, -0.2) is 9.97 Å². The molecule has 384 valence electrons. The van der Waals surface area contributed by atoms with Gasteiger partial charge in [0.1, 0.15) is 11.3 Å². The van der Waals surface area contributed by atoms with Gasteiger partial charge < -0.3 is 44.9 Å². The highest BCUT2D eigenvalue weighted by Gasteiger charge is 2.22. The summed E-state index contributed by atoms with van der Waals surface area (Å²) in [6.07, 6.45) is 14.2. The number of methoxy groups -OCH3 is 4. The number of hydrogen-bond acceptors (Lipinski definition) is 11. The van der Waals surface area contributed by atoms with Gasteiger partial charge in [-0.1, -0.05) is 48.5 Å². The zero-order valence-electron chi connectivity index (χ0n) is 42.9. The number of nitrogens with two attached hydrogens (primary N) is 1. The summed E-state index contributed by atoms with van der Waals surface area (Å²) >= 11 is 0. The van der Waals surface area contributed by atoms with Crippen LogP contribution in [0.25, 0.3) is 56.5 Å². The van der Waals surface area contributed by atoms with E-state index in [2.05, 4.69) is 59.2 Å². The Bertz CT molecular complexity index is 3430. The van der Waals surface area contributed by atoms with Crippen molar-refractivity contribution in [3.8, 4) is 45.3 Å². The number of aromatic nitrogens is 4. The van der Waals surface area contributed by atoms with Crippen molar-refractivity contribution in [2.75, 3.05) is 54.6 Å². The Morgan fingerprint density at radius 1 is 0.653 bits per heavy atom. The van der Waals surface area contributed by atoms with Crippen LogP contribution in [0.15, 0.2) is 134 Å². The second kappa shape index (κ2) is 23.0. The van der Waals surface area contributed by atoms with Gasteiger partial charge in [-0.3, -0.25) is 24.2 Å². The Kier molecular flexibility index (Phi) is 15.7. The number of pyridine rings is 2. The molecule has 0 unspecified atom stereocenters. The van der Waals surface area contributed by atoms with Crippen LogP contribution < -0.4 is 35.3 Å². The molecule has 9 rings (SSSR count). The van der Waals surface area contributed by atoms with Gasteiger partial charge in [0.05, 0.1) is 47.2 Å². The van der Waals surface area contributed by atoms with E-state index in [0.717, 1.165) is 99.3 Å². The maximum Gasteiger partial charge on any atom is 0.248 e. The molecule has 16 heteroatoms. The number of benzene rings is 4. The molecule has 0 bridgehead atoms. The van der Waals surface area contributed by atoms with Gasteiger partial charge in [0.25, 0.3) is 0 Å². The quantitative estimate of drug-likeness (QED) is 0.0566. The molecular formula is C59H61N9O7. The Morgan fingerprint density at radius 3 is 1.83 bits per heavy atom. The number of carbonyl (C=O) groups excluding carboxylic acids is 3. The molecule has 4 aromatic heterocycles. The average molecular weight is 1010 g/mol. The van der Waals surface area contributed by atoms with Crippen LogP contribution in [0, 0.1) is 0 Å². The maximum atomic E-state index is 13.5. The van der Waals surface area contributed by atoms with Crippen LogP contribution >= 0.6 is 0 Å². The summed E-state index contributed by atoms with van der Waals surface area (Å²) in [7, 11) is 6.34. The molecule has 0 spiro atoms. The second-order valence-electron chi connectivity index (χ2n) is 18.5. The molecule has 1 aliphatic heterocycles. The number of piperazine rings is 1. The second-order valence-corrected chi connectivity index (χ2v) is 18.5. The number of carbonyl (C=O) groups is 3. The predicted octanol–water partition coefficient (Wildman–Crippen LogP) is 8.94. The van der Waals surface area contributed by atoms with Gasteiger partial charge >= 0.3 is 0 Å². The van der Waals surface area contributed by atoms with Gasteiger partial charge in [-0.05, 0) is 113 Å². The molecule has 0 radical (unpaired) electrons. The summed E-state index contributed by atoms with van der Waals surface area (Å²) in [5.74, 6) is 1.41. The topological polar surface area (TPSA) is 191 Å². The number of ether oxygens (including phenoxy) is 4. The molecule has 5 heterocycles. The molecule has 2 atom stereocenters. The van der Waals surface area contributed by atoms with Crippen LogP contribution in [0.4, 0.5) is 0 Å². The van der Waals surface area contributed by atoms with Gasteiger partial charge in [0, 0.05) is 97.1 Å². The summed E-state index contributed by atoms with van der Waals surface area (Å²) < 4.78 is 23.8. The van der Waals surface area contributed by atoms with Gasteiger partial charge in [-0.15, -0.1) is 0 Å². The summed E-state index contributed by atoms with van der Waals surface area (Å²) in [6.45, 7) is 8.65. The molecule has 1 saturated heterocycles. The standard InChI is InChI=1S/C59H61N9O7/c1-37(41-14-18-49(72-3)51(31-41)74-5)64-53(69)20-16-45-33-63-58-55(45)47(22-24-61-58)40-12-10-39(11-13-40)34-66-26-28-67(29-27-66)36-68-35-46(17-21-54(70)65-38(2)42-15-19-50(73-4)52(32-42)75-6)56-48(23-25-62-59(56)68)43-8-7-9-44(30-43)57(60)71/h7-25,30-33,35,37-38H,26-29,34,36H2,1-6H3,(H2,60,71)(H,61,63)(H,64,69)(H,65,70)/b20-16+,21-17+/t37-,38-/m1/s1. The molecule has 1 fully saturated rings. The lowest BCUT2D eigenvalue weighted by Gasteiger charge is -2.35. The molecule has 0 aliphatic carbocycles. The molecular weight excluding hydrogens is 947 g/mol. The Labute approximate surface area is 435 Å². The number of rotatable bonds is 19. The molecule has 4 aromatic carbocycles. The number of nitrogens with zero attached hydrogens (tertiary/aromatic N) is 5. The third kappa shape index (κ3) is 11.6. The highest BCUT2D eigenvalue weighted by atomic mass is 16.5. The van der Waals surface area contributed by atoms with Crippen molar-refractivity contribution in [3.63, 3.8) is 0 Å². The largest absolute Gasteiger partial charge is 0.493 e. The summed E-state index contributed by atoms with van der Waals surface area (Å²) in [5.41, 5.74) is 16.0. The van der Waals surface area contributed by atoms with Gasteiger partial charge in [-0.2, -0.15) is 0 Å². The van der Waals surface area contributed by atoms with Crippen LogP contribution in [0.5, 0.6) is 23.0 Å². The van der Waals surface area contributed by atoms with Crippen molar-refractivity contribution in [3.05, 3.63) is 167 Å². The highest BCUT2D eigenvalue weighted by molar-refractivity contribution is 6.04. The summed E-state index contributed by atoms with van der Waals surface area (Å²) in [5, 5.41) is 7.91. The number of primary amides is 1. The lowest BCUT2D eigenvalue weighted by Crippen LogP contribution is -2.46. The minimum atomic E-state index is -0.512. The molecule has 5 N–H and O–H groups in total. The van der Waals surface area contributed by atoms with Gasteiger partial charge in [0.2, 0.25) is 17.7 Å². The Hall–Kier alpha value is -8.73. The van der Waals surface area contributed by atoms with Crippen LogP contribution in [-0.2, 0) is 22.8 Å². The van der Waals surface area contributed by atoms with Crippen molar-refractivity contribution >= 4 is 51.9 Å². The van der Waals surface area contributed by atoms with Crippen LogP contribution in [-0.4, -0.2) is 102 Å². The zero-order chi connectivity index (χ0) is 52.6. The first-order valence-corrected chi connectivity index (χ1v) is 24.7. The molecule has 8 aromatic rings. The lowest BCUT2D eigenvalue weighted by molar-refractivity contribution is -0.117. The lowest BCUT2D eigenvalue weighted by atomic mass is 9.99. The molecule has 16 nitrogen and oxygen atoms in total. The maximum absolute atomic E-state index is 13.5. The van der Waals surface area contributed by atoms with E-state index in [1.54, 1.807) is 65.1 Å². The van der Waals surface area contributed by atoms with Crippen molar-refractivity contribution in [1.29, 1.82) is 0 Å². The number of fused-ring (bicyclic) bond motifs is 2. The molecule has 75 heavy (non-hydrogen) atoms. The summed E-state index contributed by atoms with van der Waals surface area (Å²) in [6, 6.07) is 30.4. The first-order valence-electron chi connectivity index (χ1n) is 24.7. The minimum absolute atomic E-state index is 0.225. The third-order valence-corrected chi connectivity index (χ3v) is 13.7. The van der Waals surface area contributed by atoms with Crippen LogP contribution in [0.2, 0.25) is 0 Å². The first kappa shape index (κ1) is 51.2. The van der Waals surface area contributed by atoms with Crippen molar-refractivity contribution in [2.45, 2.75) is 39.1 Å². The van der Waals surface area contributed by atoms with E-state index in [1.807, 2.05) is 99.1 Å². The monoisotopic (exact) mass is 1010 g/mol. The fraction of sp³-hybridized carbons (Fsp3) is 0.237. The Balaban J connectivity index is 0.859. The fourth-order valence-electron chi connectivity index (χ4n) is 9.63. The Morgan fingerprint density at radius 2 is 1.23 bits per heavy atom. The SMILES string of the molecule is COc1ccc([C@@H](C)NC(=O)/C=C/c2c[nH]c3nccc(-c4ccc(CN5CCN(Cn6cc(/C=C/C(=O)N[C@H](C)c7ccc(OC)c(OC)c7)c7c(-c8cccc(C(N)=O)c8)ccnc76)CC5)cc4)c23)cc1OC. The van der Waals surface area contributed by atoms with E-state index in [-0.39, 0.29) is 23.9 Å². The van der Waals surface area contributed by atoms with E-state index >= 15 is 0 Å². The number of aromatic amines is 1. The van der Waals surface area contributed by atoms with E-state index in [4.69, 9.17) is 29.7 Å². The minimum Gasteiger partial charge on any atom is -0.493 e. The molecule has 3 amide bonds. The number of amides is 3. The smallest absolute Gasteiger partial charge is 0.248 e. The van der Waals surface area contributed by atoms with Crippen molar-refractivity contribution in [2.24, 2.45) is 5.73 Å². The van der Waals surface area contributed by atoms with Crippen LogP contribution in [0.3, 0.4) is 0 Å². The van der Waals surface area contributed by atoms with Crippen molar-refractivity contribution < 1.29 is 33.3 Å². The van der Waals surface area contributed by atoms with Crippen LogP contribution in [0.1, 0.15) is 64.1 Å². The van der Waals surface area contributed by atoms with E-state index < -0.39 is 5.91 Å². The van der Waals surface area contributed by atoms with E-state index in [1.165, 1.54) is 5.56 Å². The molecule has 0 saturated carbocycles. The first-order chi connectivity index (χ1) is 36.4.